The Morgan fingerprint density at radius 3 is 2.55 bits per heavy atom. The third kappa shape index (κ3) is 4.89. The Morgan fingerprint density at radius 1 is 1.03 bits per heavy atom. The Kier molecular flexibility index (Phi) is 6.82. The van der Waals surface area contributed by atoms with Gasteiger partial charge in [-0.05, 0) is 49.2 Å². The number of anilines is 1. The molecule has 3 aliphatic rings. The van der Waals surface area contributed by atoms with Gasteiger partial charge in [-0.15, -0.1) is 0 Å². The number of carbonyl (C=O) groups excluding carboxylic acids is 1. The number of nitrogens with zero attached hydrogens (tertiary/aromatic N) is 5. The number of amides is 1. The van der Waals surface area contributed by atoms with E-state index in [2.05, 4.69) is 45.4 Å². The number of fused-ring (bicyclic) bond motifs is 3. The predicted molar refractivity (Wildman–Crippen MR) is 147 cm³/mol. The highest BCUT2D eigenvalue weighted by molar-refractivity contribution is 6.01. The van der Waals surface area contributed by atoms with Crippen LogP contribution in [0.3, 0.4) is 0 Å². The van der Waals surface area contributed by atoms with Crippen molar-refractivity contribution in [2.24, 2.45) is 5.73 Å². The van der Waals surface area contributed by atoms with Crippen molar-refractivity contribution in [2.45, 2.75) is 33.0 Å². The van der Waals surface area contributed by atoms with Crippen LogP contribution in [0.1, 0.15) is 35.7 Å². The molecule has 6 rings (SSSR count). The molecule has 2 fully saturated rings. The molecule has 2 N–H and O–H groups in total. The van der Waals surface area contributed by atoms with Gasteiger partial charge >= 0.3 is 0 Å². The monoisotopic (exact) mass is 516 g/mol. The molecule has 3 aliphatic heterocycles. The molecule has 0 atom stereocenters. The Hall–Kier alpha value is -3.40. The van der Waals surface area contributed by atoms with Crippen LogP contribution in [-0.4, -0.2) is 83.8 Å². The third-order valence-electron chi connectivity index (χ3n) is 7.88. The molecule has 0 spiro atoms. The molecule has 9 heteroatoms. The van der Waals surface area contributed by atoms with Gasteiger partial charge in [0.05, 0.1) is 24.6 Å². The van der Waals surface area contributed by atoms with E-state index in [0.29, 0.717) is 18.2 Å². The highest BCUT2D eigenvalue weighted by Crippen LogP contribution is 2.36. The van der Waals surface area contributed by atoms with Crippen molar-refractivity contribution in [2.75, 3.05) is 57.4 Å². The van der Waals surface area contributed by atoms with E-state index in [1.165, 1.54) is 0 Å². The Labute approximate surface area is 223 Å². The third-order valence-corrected chi connectivity index (χ3v) is 7.88. The maximum atomic E-state index is 12.5. The van der Waals surface area contributed by atoms with Gasteiger partial charge in [-0.3, -0.25) is 19.2 Å². The topological polar surface area (TPSA) is 89.1 Å². The molecular weight excluding hydrogens is 480 g/mol. The van der Waals surface area contributed by atoms with Crippen molar-refractivity contribution in [3.8, 4) is 22.6 Å². The molecule has 9 nitrogen and oxygen atoms in total. The molecule has 0 bridgehead atoms. The highest BCUT2D eigenvalue weighted by atomic mass is 16.5. The summed E-state index contributed by atoms with van der Waals surface area (Å²) in [4.78, 5) is 24.5. The first-order valence-electron chi connectivity index (χ1n) is 13.5. The lowest BCUT2D eigenvalue weighted by molar-refractivity contribution is 0.0337. The second-order valence-corrected chi connectivity index (χ2v) is 10.6. The average molecular weight is 517 g/mol. The molecule has 0 radical (unpaired) electrons. The number of piperazine rings is 1. The molecule has 3 aromatic rings. The first-order chi connectivity index (χ1) is 18.5. The summed E-state index contributed by atoms with van der Waals surface area (Å²) in [6.07, 6.45) is 2.11. The summed E-state index contributed by atoms with van der Waals surface area (Å²) in [6.45, 7) is 13.0. The van der Waals surface area contributed by atoms with E-state index in [4.69, 9.17) is 20.2 Å². The Bertz CT molecular complexity index is 1320. The summed E-state index contributed by atoms with van der Waals surface area (Å²) in [7, 11) is 0. The van der Waals surface area contributed by atoms with Crippen LogP contribution in [0.2, 0.25) is 0 Å². The van der Waals surface area contributed by atoms with Crippen LogP contribution in [0.25, 0.3) is 16.8 Å². The van der Waals surface area contributed by atoms with Crippen molar-refractivity contribution < 1.29 is 14.3 Å². The molecule has 4 heterocycles. The van der Waals surface area contributed by atoms with Crippen LogP contribution >= 0.6 is 0 Å². The fourth-order valence-electron chi connectivity index (χ4n) is 5.67. The molecule has 38 heavy (non-hydrogen) atoms. The van der Waals surface area contributed by atoms with Crippen molar-refractivity contribution in [1.29, 1.82) is 0 Å². The number of nitrogens with two attached hydrogens (primary N) is 1. The largest absolute Gasteiger partial charge is 0.483 e. The molecule has 0 saturated carbocycles. The van der Waals surface area contributed by atoms with E-state index >= 15 is 0 Å². The van der Waals surface area contributed by atoms with Gasteiger partial charge < -0.3 is 20.1 Å². The smallest absolute Gasteiger partial charge is 0.249 e. The number of imidazole rings is 1. The number of carbonyl (C=O) groups is 1. The fourth-order valence-corrected chi connectivity index (χ4v) is 5.67. The van der Waals surface area contributed by atoms with Gasteiger partial charge in [0.1, 0.15) is 12.4 Å². The Morgan fingerprint density at radius 2 is 1.82 bits per heavy atom. The summed E-state index contributed by atoms with van der Waals surface area (Å²) in [5.74, 6) is 1.24. The highest BCUT2D eigenvalue weighted by Gasteiger charge is 2.24. The van der Waals surface area contributed by atoms with Crippen LogP contribution in [0.5, 0.6) is 5.75 Å². The number of benzene rings is 2. The molecule has 200 valence electrons. The minimum atomic E-state index is -0.425. The maximum absolute atomic E-state index is 12.5. The molecule has 0 aliphatic carbocycles. The van der Waals surface area contributed by atoms with Crippen molar-refractivity contribution in [3.63, 3.8) is 0 Å². The number of rotatable bonds is 6. The SMILES string of the molecule is CC(C)N1CCN(c2ccc(-c3ccc4c(c3)OCc3nc(CN5CCOCC5)cn3-4)c(C(N)=O)c2)CC1. The zero-order valence-corrected chi connectivity index (χ0v) is 22.2. The number of hydrogen-bond donors (Lipinski definition) is 1. The van der Waals surface area contributed by atoms with Crippen molar-refractivity contribution >= 4 is 11.6 Å². The number of hydrogen-bond acceptors (Lipinski definition) is 7. The van der Waals surface area contributed by atoms with Gasteiger partial charge in [-0.1, -0.05) is 12.1 Å². The van der Waals surface area contributed by atoms with Crippen molar-refractivity contribution in [3.05, 3.63) is 59.7 Å². The molecule has 1 amide bonds. The van der Waals surface area contributed by atoms with Gasteiger partial charge in [0.15, 0.2) is 5.82 Å². The van der Waals surface area contributed by atoms with E-state index in [1.54, 1.807) is 0 Å². The van der Waals surface area contributed by atoms with Gasteiger partial charge in [-0.2, -0.15) is 0 Å². The summed E-state index contributed by atoms with van der Waals surface area (Å²) >= 11 is 0. The van der Waals surface area contributed by atoms with E-state index < -0.39 is 5.91 Å². The van der Waals surface area contributed by atoms with Crippen LogP contribution in [0, 0.1) is 0 Å². The zero-order chi connectivity index (χ0) is 26.2. The number of morpholine rings is 1. The molecule has 2 aromatic carbocycles. The number of primary amides is 1. The molecule has 1 aromatic heterocycles. The second kappa shape index (κ2) is 10.4. The van der Waals surface area contributed by atoms with Crippen molar-refractivity contribution in [1.82, 2.24) is 19.4 Å². The number of ether oxygens (including phenoxy) is 2. The van der Waals surface area contributed by atoms with E-state index in [0.717, 1.165) is 98.8 Å². The maximum Gasteiger partial charge on any atom is 0.249 e. The molecule has 2 saturated heterocycles. The average Bonchev–Trinajstić information content (AvgIpc) is 3.36. The van der Waals surface area contributed by atoms with Crippen LogP contribution in [0.15, 0.2) is 42.6 Å². The molecular formula is C29H36N6O3. The lowest BCUT2D eigenvalue weighted by atomic mass is 9.97. The fraction of sp³-hybridized carbons (Fsp3) is 0.448. The molecule has 0 unspecified atom stereocenters. The van der Waals surface area contributed by atoms with Crippen LogP contribution in [0.4, 0.5) is 5.69 Å². The summed E-state index contributed by atoms with van der Waals surface area (Å²) < 4.78 is 13.7. The zero-order valence-electron chi connectivity index (χ0n) is 22.2. The minimum Gasteiger partial charge on any atom is -0.483 e. The van der Waals surface area contributed by atoms with Gasteiger partial charge in [0.25, 0.3) is 0 Å². The van der Waals surface area contributed by atoms with Gasteiger partial charge in [0, 0.05) is 69.3 Å². The lowest BCUT2D eigenvalue weighted by Gasteiger charge is -2.38. The van der Waals surface area contributed by atoms with E-state index in [9.17, 15) is 4.79 Å². The summed E-state index contributed by atoms with van der Waals surface area (Å²) in [6, 6.07) is 12.7. The van der Waals surface area contributed by atoms with Crippen LogP contribution < -0.4 is 15.4 Å². The standard InChI is InChI=1S/C29H36N6O3/c1-20(2)33-7-9-34(10-8-33)23-4-5-24(25(16-23)29(30)36)21-3-6-26-27(15-21)38-19-28-31-22(18-35(26)28)17-32-11-13-37-14-12-32/h3-6,15-16,18,20H,7-14,17,19H2,1-2H3,(H2,30,36). The van der Waals surface area contributed by atoms with Crippen LogP contribution in [-0.2, 0) is 17.9 Å². The van der Waals surface area contributed by atoms with E-state index in [-0.39, 0.29) is 0 Å². The quantitative estimate of drug-likeness (QED) is 0.539. The first-order valence-corrected chi connectivity index (χ1v) is 13.5. The van der Waals surface area contributed by atoms with Gasteiger partial charge in [-0.25, -0.2) is 4.98 Å². The minimum absolute atomic E-state index is 0.406. The van der Waals surface area contributed by atoms with Gasteiger partial charge in [0.2, 0.25) is 5.91 Å². The lowest BCUT2D eigenvalue weighted by Crippen LogP contribution is -2.48. The predicted octanol–water partition coefficient (Wildman–Crippen LogP) is 2.89. The summed E-state index contributed by atoms with van der Waals surface area (Å²) in [5, 5.41) is 0. The number of aromatic nitrogens is 2. The Balaban J connectivity index is 1.25. The second-order valence-electron chi connectivity index (χ2n) is 10.6. The first kappa shape index (κ1) is 24.9. The van der Waals surface area contributed by atoms with E-state index in [1.807, 2.05) is 30.3 Å². The summed E-state index contributed by atoms with van der Waals surface area (Å²) in [5.41, 5.74) is 11.1. The normalized spacial score (nSPS) is 18.2.